The van der Waals surface area contributed by atoms with E-state index in [0.29, 0.717) is 36.6 Å². The van der Waals surface area contributed by atoms with Crippen molar-refractivity contribution in [2.45, 2.75) is 25.4 Å². The number of nitrogens with zero attached hydrogens (tertiary/aromatic N) is 2. The van der Waals surface area contributed by atoms with E-state index in [-0.39, 0.29) is 18.8 Å². The van der Waals surface area contributed by atoms with Crippen molar-refractivity contribution < 1.29 is 19.0 Å². The summed E-state index contributed by atoms with van der Waals surface area (Å²) in [5, 5.41) is 3.51. The molecule has 2 aromatic carbocycles. The van der Waals surface area contributed by atoms with Crippen molar-refractivity contribution in [3.63, 3.8) is 0 Å². The standard InChI is InChI=1S/C23H20ClN3O4/c24-19-8-15(17-9-25-12-26-10-17)6-16-7-18(31-23(16)19)11-27-22(28)4-2-14-1-3-20-21(5-14)30-13-29-20/h1,3,5-6,8-10,12,18H,2,4,7,11,13H2,(H,27,28)/t18-/m0/s1. The van der Waals surface area contributed by atoms with Crippen molar-refractivity contribution in [1.29, 1.82) is 0 Å². The number of carbonyl (C=O) groups excluding carboxylic acids is 1. The number of benzene rings is 2. The molecular weight excluding hydrogens is 418 g/mol. The van der Waals surface area contributed by atoms with E-state index in [1.165, 1.54) is 6.33 Å². The minimum Gasteiger partial charge on any atom is -0.486 e. The number of nitrogens with one attached hydrogen (secondary N) is 1. The Hall–Kier alpha value is -3.32. The van der Waals surface area contributed by atoms with Crippen molar-refractivity contribution in [3.05, 3.63) is 65.2 Å². The largest absolute Gasteiger partial charge is 0.486 e. The maximum Gasteiger partial charge on any atom is 0.231 e. The van der Waals surface area contributed by atoms with Gasteiger partial charge in [0.25, 0.3) is 0 Å². The lowest BCUT2D eigenvalue weighted by atomic mass is 10.0. The lowest BCUT2D eigenvalue weighted by molar-refractivity contribution is -0.121. The van der Waals surface area contributed by atoms with Crippen LogP contribution in [0.25, 0.3) is 11.1 Å². The average Bonchev–Trinajstić information content (AvgIpc) is 3.43. The molecule has 158 valence electrons. The predicted molar refractivity (Wildman–Crippen MR) is 114 cm³/mol. The fourth-order valence-electron chi connectivity index (χ4n) is 3.79. The van der Waals surface area contributed by atoms with E-state index in [9.17, 15) is 4.79 Å². The highest BCUT2D eigenvalue weighted by Gasteiger charge is 2.26. The summed E-state index contributed by atoms with van der Waals surface area (Å²) in [6.45, 7) is 0.669. The number of carbonyl (C=O) groups is 1. The SMILES string of the molecule is O=C(CCc1ccc2c(c1)OCO2)NC[C@@H]1Cc2cc(-c3cncnc3)cc(Cl)c2O1. The molecule has 5 rings (SSSR count). The number of ether oxygens (including phenoxy) is 3. The molecule has 1 atom stereocenters. The van der Waals surface area contributed by atoms with E-state index in [1.54, 1.807) is 12.4 Å². The van der Waals surface area contributed by atoms with Crippen LogP contribution in [0, 0.1) is 0 Å². The highest BCUT2D eigenvalue weighted by Crippen LogP contribution is 2.39. The molecule has 0 bridgehead atoms. The lowest BCUT2D eigenvalue weighted by Crippen LogP contribution is -2.34. The normalized spacial score (nSPS) is 16.0. The van der Waals surface area contributed by atoms with Gasteiger partial charge in [0.2, 0.25) is 12.7 Å². The molecule has 1 amide bonds. The van der Waals surface area contributed by atoms with Crippen LogP contribution in [0.1, 0.15) is 17.5 Å². The maximum atomic E-state index is 12.3. The Kier molecular flexibility index (Phi) is 5.34. The summed E-state index contributed by atoms with van der Waals surface area (Å²) in [6, 6.07) is 9.64. The van der Waals surface area contributed by atoms with Gasteiger partial charge >= 0.3 is 0 Å². The second-order valence-corrected chi connectivity index (χ2v) is 7.92. The third-order valence-electron chi connectivity index (χ3n) is 5.35. The zero-order valence-corrected chi connectivity index (χ0v) is 17.4. The fourth-order valence-corrected chi connectivity index (χ4v) is 4.07. The fraction of sp³-hybridized carbons (Fsp3) is 0.261. The van der Waals surface area contributed by atoms with E-state index in [2.05, 4.69) is 15.3 Å². The van der Waals surface area contributed by atoms with Gasteiger partial charge in [-0.25, -0.2) is 9.97 Å². The van der Waals surface area contributed by atoms with Crippen LogP contribution in [0.2, 0.25) is 5.02 Å². The molecule has 3 aromatic rings. The molecule has 0 unspecified atom stereocenters. The van der Waals surface area contributed by atoms with Crippen molar-refractivity contribution >= 4 is 17.5 Å². The minimum absolute atomic E-state index is 0.0227. The molecule has 2 aliphatic rings. The first-order chi connectivity index (χ1) is 15.2. The summed E-state index contributed by atoms with van der Waals surface area (Å²) in [6.07, 6.45) is 6.54. The van der Waals surface area contributed by atoms with Gasteiger partial charge in [-0.15, -0.1) is 0 Å². The Morgan fingerprint density at radius 3 is 2.81 bits per heavy atom. The average molecular weight is 438 g/mol. The van der Waals surface area contributed by atoms with Crippen LogP contribution < -0.4 is 19.5 Å². The van der Waals surface area contributed by atoms with Gasteiger partial charge < -0.3 is 19.5 Å². The predicted octanol–water partition coefficient (Wildman–Crippen LogP) is 3.58. The van der Waals surface area contributed by atoms with Crippen LogP contribution in [0.15, 0.2) is 49.1 Å². The zero-order valence-electron chi connectivity index (χ0n) is 16.6. The van der Waals surface area contributed by atoms with Gasteiger partial charge in [0.1, 0.15) is 18.2 Å². The highest BCUT2D eigenvalue weighted by molar-refractivity contribution is 6.32. The smallest absolute Gasteiger partial charge is 0.231 e. The van der Waals surface area contributed by atoms with Crippen LogP contribution in [0.4, 0.5) is 0 Å². The summed E-state index contributed by atoms with van der Waals surface area (Å²) in [5.74, 6) is 2.13. The van der Waals surface area contributed by atoms with Crippen LogP contribution in [-0.2, 0) is 17.6 Å². The summed E-state index contributed by atoms with van der Waals surface area (Å²) in [7, 11) is 0. The Labute approximate surface area is 184 Å². The van der Waals surface area contributed by atoms with Crippen molar-refractivity contribution in [2.75, 3.05) is 13.3 Å². The van der Waals surface area contributed by atoms with Gasteiger partial charge in [0.15, 0.2) is 11.5 Å². The Bertz CT molecular complexity index is 1120. The number of aromatic nitrogens is 2. The molecular formula is C23H20ClN3O4. The summed E-state index contributed by atoms with van der Waals surface area (Å²) >= 11 is 6.44. The van der Waals surface area contributed by atoms with E-state index in [0.717, 1.165) is 33.8 Å². The molecule has 1 N–H and O–H groups in total. The third kappa shape index (κ3) is 4.27. The maximum absolute atomic E-state index is 12.3. The minimum atomic E-state index is -0.149. The van der Waals surface area contributed by atoms with Crippen LogP contribution in [0.5, 0.6) is 17.2 Å². The molecule has 0 radical (unpaired) electrons. The quantitative estimate of drug-likeness (QED) is 0.634. The number of hydrogen-bond donors (Lipinski definition) is 1. The summed E-state index contributed by atoms with van der Waals surface area (Å²) in [4.78, 5) is 20.4. The molecule has 8 heteroatoms. The number of fused-ring (bicyclic) bond motifs is 2. The molecule has 0 saturated heterocycles. The van der Waals surface area contributed by atoms with Crippen molar-refractivity contribution in [1.82, 2.24) is 15.3 Å². The molecule has 0 aliphatic carbocycles. The van der Waals surface area contributed by atoms with Gasteiger partial charge in [-0.05, 0) is 41.8 Å². The molecule has 1 aromatic heterocycles. The van der Waals surface area contributed by atoms with E-state index < -0.39 is 0 Å². The Balaban J connectivity index is 1.15. The van der Waals surface area contributed by atoms with Crippen LogP contribution in [0.3, 0.4) is 0 Å². The van der Waals surface area contributed by atoms with E-state index in [1.807, 2.05) is 30.3 Å². The molecule has 2 aliphatic heterocycles. The monoisotopic (exact) mass is 437 g/mol. The zero-order chi connectivity index (χ0) is 21.2. The number of amides is 1. The topological polar surface area (TPSA) is 82.6 Å². The first-order valence-electron chi connectivity index (χ1n) is 10.1. The van der Waals surface area contributed by atoms with Crippen molar-refractivity contribution in [3.8, 4) is 28.4 Å². The van der Waals surface area contributed by atoms with Gasteiger partial charge in [-0.2, -0.15) is 0 Å². The summed E-state index contributed by atoms with van der Waals surface area (Å²) in [5.41, 5.74) is 3.90. The van der Waals surface area contributed by atoms with Crippen LogP contribution in [-0.4, -0.2) is 35.3 Å². The summed E-state index contributed by atoms with van der Waals surface area (Å²) < 4.78 is 16.7. The van der Waals surface area contributed by atoms with Gasteiger partial charge in [0.05, 0.1) is 11.6 Å². The third-order valence-corrected chi connectivity index (χ3v) is 5.63. The second-order valence-electron chi connectivity index (χ2n) is 7.51. The second kappa shape index (κ2) is 8.43. The highest BCUT2D eigenvalue weighted by atomic mass is 35.5. The molecule has 7 nitrogen and oxygen atoms in total. The van der Waals surface area contributed by atoms with E-state index >= 15 is 0 Å². The van der Waals surface area contributed by atoms with Gasteiger partial charge in [0, 0.05) is 36.4 Å². The Morgan fingerprint density at radius 1 is 1.10 bits per heavy atom. The first kappa shape index (κ1) is 19.6. The molecule has 31 heavy (non-hydrogen) atoms. The molecule has 0 saturated carbocycles. The molecule has 3 heterocycles. The van der Waals surface area contributed by atoms with Crippen LogP contribution >= 0.6 is 11.6 Å². The Morgan fingerprint density at radius 2 is 1.94 bits per heavy atom. The van der Waals surface area contributed by atoms with E-state index in [4.69, 9.17) is 25.8 Å². The molecule has 0 spiro atoms. The number of hydrogen-bond acceptors (Lipinski definition) is 6. The molecule has 0 fully saturated rings. The number of rotatable bonds is 6. The van der Waals surface area contributed by atoms with Crippen molar-refractivity contribution in [2.24, 2.45) is 0 Å². The number of halogens is 1. The first-order valence-corrected chi connectivity index (χ1v) is 10.4. The lowest BCUT2D eigenvalue weighted by Gasteiger charge is -2.12. The van der Waals surface area contributed by atoms with Gasteiger partial charge in [-0.1, -0.05) is 17.7 Å². The number of aryl methyl sites for hydroxylation is 1. The van der Waals surface area contributed by atoms with Gasteiger partial charge in [-0.3, -0.25) is 4.79 Å².